The molecule has 1 rings (SSSR count). The lowest BCUT2D eigenvalue weighted by Gasteiger charge is -2.36. The van der Waals surface area contributed by atoms with Gasteiger partial charge in [0.1, 0.15) is 0 Å². The van der Waals surface area contributed by atoms with Crippen molar-refractivity contribution < 1.29 is 5.11 Å². The van der Waals surface area contributed by atoms with Crippen molar-refractivity contribution in [1.29, 1.82) is 0 Å². The molecule has 0 aromatic heterocycles. The van der Waals surface area contributed by atoms with Crippen LogP contribution in [0.1, 0.15) is 39.0 Å². The largest absolute Gasteiger partial charge is 0.394 e. The third-order valence-electron chi connectivity index (χ3n) is 3.06. The SMILES string of the molecule is CCSCCNC1(CO)CCCCC1. The number of aliphatic hydroxyl groups is 1. The van der Waals surface area contributed by atoms with E-state index in [1.807, 2.05) is 11.8 Å². The van der Waals surface area contributed by atoms with Gasteiger partial charge in [-0.25, -0.2) is 0 Å². The highest BCUT2D eigenvalue weighted by Gasteiger charge is 2.30. The molecule has 1 aliphatic carbocycles. The molecule has 84 valence electrons. The summed E-state index contributed by atoms with van der Waals surface area (Å²) in [6.45, 7) is 3.54. The highest BCUT2D eigenvalue weighted by molar-refractivity contribution is 7.99. The monoisotopic (exact) mass is 217 g/mol. The summed E-state index contributed by atoms with van der Waals surface area (Å²) >= 11 is 1.96. The number of hydrogen-bond acceptors (Lipinski definition) is 3. The first kappa shape index (κ1) is 12.3. The quantitative estimate of drug-likeness (QED) is 0.668. The van der Waals surface area contributed by atoms with Crippen molar-refractivity contribution in [2.75, 3.05) is 24.7 Å². The van der Waals surface area contributed by atoms with Gasteiger partial charge in [-0.3, -0.25) is 0 Å². The van der Waals surface area contributed by atoms with Gasteiger partial charge in [0.2, 0.25) is 0 Å². The lowest BCUT2D eigenvalue weighted by molar-refractivity contribution is 0.123. The Morgan fingerprint density at radius 3 is 2.57 bits per heavy atom. The van der Waals surface area contributed by atoms with Gasteiger partial charge in [0.05, 0.1) is 6.61 Å². The lowest BCUT2D eigenvalue weighted by Crippen LogP contribution is -2.50. The van der Waals surface area contributed by atoms with Gasteiger partial charge in [-0.15, -0.1) is 0 Å². The molecule has 0 unspecified atom stereocenters. The minimum absolute atomic E-state index is 0.0621. The zero-order valence-electron chi connectivity index (χ0n) is 9.22. The summed E-state index contributed by atoms with van der Waals surface area (Å²) in [6, 6.07) is 0. The molecule has 0 saturated heterocycles. The smallest absolute Gasteiger partial charge is 0.0613 e. The van der Waals surface area contributed by atoms with Gasteiger partial charge in [0.25, 0.3) is 0 Å². The minimum atomic E-state index is 0.0621. The van der Waals surface area contributed by atoms with Crippen LogP contribution in [0.2, 0.25) is 0 Å². The first-order chi connectivity index (χ1) is 6.83. The van der Waals surface area contributed by atoms with E-state index in [1.165, 1.54) is 25.0 Å². The third kappa shape index (κ3) is 3.79. The minimum Gasteiger partial charge on any atom is -0.394 e. The van der Waals surface area contributed by atoms with Crippen molar-refractivity contribution in [1.82, 2.24) is 5.32 Å². The molecule has 0 spiro atoms. The van der Waals surface area contributed by atoms with Gasteiger partial charge in [0, 0.05) is 17.8 Å². The molecule has 0 atom stereocenters. The second-order valence-electron chi connectivity index (χ2n) is 4.12. The third-order valence-corrected chi connectivity index (χ3v) is 3.96. The summed E-state index contributed by atoms with van der Waals surface area (Å²) in [5, 5.41) is 13.0. The summed E-state index contributed by atoms with van der Waals surface area (Å²) in [5.74, 6) is 2.35. The molecule has 3 heteroatoms. The Morgan fingerprint density at radius 2 is 2.00 bits per heavy atom. The normalized spacial score (nSPS) is 21.0. The number of hydrogen-bond donors (Lipinski definition) is 2. The fourth-order valence-corrected chi connectivity index (χ4v) is 2.69. The van der Waals surface area contributed by atoms with Crippen LogP contribution >= 0.6 is 11.8 Å². The van der Waals surface area contributed by atoms with Crippen LogP contribution in [0.15, 0.2) is 0 Å². The van der Waals surface area contributed by atoms with Crippen LogP contribution in [0.4, 0.5) is 0 Å². The van der Waals surface area contributed by atoms with E-state index in [-0.39, 0.29) is 5.54 Å². The van der Waals surface area contributed by atoms with Gasteiger partial charge in [-0.1, -0.05) is 26.2 Å². The lowest BCUT2D eigenvalue weighted by atomic mass is 9.82. The van der Waals surface area contributed by atoms with Crippen LogP contribution in [0.5, 0.6) is 0 Å². The Bertz CT molecular complexity index is 146. The van der Waals surface area contributed by atoms with E-state index < -0.39 is 0 Å². The molecule has 0 radical (unpaired) electrons. The Labute approximate surface area is 91.9 Å². The van der Waals surface area contributed by atoms with Crippen molar-refractivity contribution in [3.05, 3.63) is 0 Å². The molecule has 0 aromatic rings. The van der Waals surface area contributed by atoms with Crippen LogP contribution in [0.25, 0.3) is 0 Å². The van der Waals surface area contributed by atoms with Crippen molar-refractivity contribution in [3.63, 3.8) is 0 Å². The molecule has 0 aromatic carbocycles. The fraction of sp³-hybridized carbons (Fsp3) is 1.00. The Kier molecular flexibility index (Phi) is 5.90. The maximum atomic E-state index is 9.43. The summed E-state index contributed by atoms with van der Waals surface area (Å²) in [6.07, 6.45) is 6.19. The topological polar surface area (TPSA) is 32.3 Å². The fourth-order valence-electron chi connectivity index (χ4n) is 2.15. The maximum Gasteiger partial charge on any atom is 0.0613 e. The molecule has 0 amide bonds. The van der Waals surface area contributed by atoms with Crippen molar-refractivity contribution in [2.45, 2.75) is 44.6 Å². The van der Waals surface area contributed by atoms with Crippen molar-refractivity contribution >= 4 is 11.8 Å². The van der Waals surface area contributed by atoms with Gasteiger partial charge < -0.3 is 10.4 Å². The molecular weight excluding hydrogens is 194 g/mol. The number of rotatable bonds is 6. The molecule has 1 fully saturated rings. The zero-order valence-corrected chi connectivity index (χ0v) is 10.0. The van der Waals surface area contributed by atoms with Crippen molar-refractivity contribution in [2.24, 2.45) is 0 Å². The van der Waals surface area contributed by atoms with Gasteiger partial charge in [-0.2, -0.15) is 11.8 Å². The molecule has 1 aliphatic rings. The number of thioether (sulfide) groups is 1. The maximum absolute atomic E-state index is 9.43. The first-order valence-corrected chi connectivity index (χ1v) is 6.92. The number of aliphatic hydroxyl groups excluding tert-OH is 1. The number of nitrogens with one attached hydrogen (secondary N) is 1. The van der Waals surface area contributed by atoms with Gasteiger partial charge in [0.15, 0.2) is 0 Å². The van der Waals surface area contributed by atoms with E-state index >= 15 is 0 Å². The van der Waals surface area contributed by atoms with E-state index in [1.54, 1.807) is 0 Å². The van der Waals surface area contributed by atoms with Gasteiger partial charge >= 0.3 is 0 Å². The van der Waals surface area contributed by atoms with Crippen LogP contribution in [0.3, 0.4) is 0 Å². The summed E-state index contributed by atoms with van der Waals surface area (Å²) in [4.78, 5) is 0. The van der Waals surface area contributed by atoms with Crippen LogP contribution < -0.4 is 5.32 Å². The highest BCUT2D eigenvalue weighted by atomic mass is 32.2. The van der Waals surface area contributed by atoms with Crippen LogP contribution in [0, 0.1) is 0 Å². The van der Waals surface area contributed by atoms with Gasteiger partial charge in [-0.05, 0) is 18.6 Å². The standard InChI is InChI=1S/C11H23NOS/c1-2-14-9-8-12-11(10-13)6-4-3-5-7-11/h12-13H,2-10H2,1H3. The molecule has 1 saturated carbocycles. The van der Waals surface area contributed by atoms with Crippen LogP contribution in [-0.4, -0.2) is 35.3 Å². The van der Waals surface area contributed by atoms with E-state index in [4.69, 9.17) is 0 Å². The van der Waals surface area contributed by atoms with E-state index in [2.05, 4.69) is 12.2 Å². The molecule has 14 heavy (non-hydrogen) atoms. The predicted molar refractivity (Wildman–Crippen MR) is 63.9 cm³/mol. The second-order valence-corrected chi connectivity index (χ2v) is 5.52. The molecule has 0 heterocycles. The Balaban J connectivity index is 2.22. The average molecular weight is 217 g/mol. The zero-order chi connectivity index (χ0) is 10.3. The van der Waals surface area contributed by atoms with E-state index in [0.717, 1.165) is 25.1 Å². The van der Waals surface area contributed by atoms with Crippen molar-refractivity contribution in [3.8, 4) is 0 Å². The molecule has 2 N–H and O–H groups in total. The van der Waals surface area contributed by atoms with E-state index in [9.17, 15) is 5.11 Å². The van der Waals surface area contributed by atoms with Crippen LogP contribution in [-0.2, 0) is 0 Å². The molecule has 2 nitrogen and oxygen atoms in total. The summed E-state index contributed by atoms with van der Waals surface area (Å²) < 4.78 is 0. The van der Waals surface area contributed by atoms with E-state index in [0.29, 0.717) is 6.61 Å². The Morgan fingerprint density at radius 1 is 1.29 bits per heavy atom. The predicted octanol–water partition coefficient (Wildman–Crippen LogP) is 2.02. The molecule has 0 bridgehead atoms. The summed E-state index contributed by atoms with van der Waals surface area (Å²) in [7, 11) is 0. The molecule has 0 aliphatic heterocycles. The highest BCUT2D eigenvalue weighted by Crippen LogP contribution is 2.27. The second kappa shape index (κ2) is 6.70. The summed E-state index contributed by atoms with van der Waals surface area (Å²) in [5.41, 5.74) is 0.0621. The first-order valence-electron chi connectivity index (χ1n) is 5.76. The molecular formula is C11H23NOS. The Hall–Kier alpha value is 0.270. The average Bonchev–Trinajstić information content (AvgIpc) is 2.26.